The Hall–Kier alpha value is -1.84. The van der Waals surface area contributed by atoms with Crippen LogP contribution in [0.2, 0.25) is 0 Å². The van der Waals surface area contributed by atoms with Gasteiger partial charge in [0.05, 0.1) is 19.8 Å². The van der Waals surface area contributed by atoms with Gasteiger partial charge in [-0.15, -0.1) is 0 Å². The molecule has 2 aromatic rings. The molecule has 3 nitrogen and oxygen atoms in total. The summed E-state index contributed by atoms with van der Waals surface area (Å²) in [6.45, 7) is 2.62. The highest BCUT2D eigenvalue weighted by molar-refractivity contribution is 5.28. The fourth-order valence-electron chi connectivity index (χ4n) is 1.78. The van der Waals surface area contributed by atoms with Crippen LogP contribution in [0, 0.1) is 0 Å². The Kier molecular flexibility index (Phi) is 4.95. The van der Waals surface area contributed by atoms with Crippen molar-refractivity contribution in [3.05, 3.63) is 65.7 Å². The van der Waals surface area contributed by atoms with Crippen molar-refractivity contribution in [1.29, 1.82) is 0 Å². The monoisotopic (exact) mass is 257 g/mol. The Morgan fingerprint density at radius 3 is 2.32 bits per heavy atom. The number of ether oxygens (including phenoxy) is 1. The van der Waals surface area contributed by atoms with Gasteiger partial charge in [0.1, 0.15) is 5.75 Å². The van der Waals surface area contributed by atoms with Crippen molar-refractivity contribution in [2.45, 2.75) is 19.6 Å². The molecule has 0 aliphatic rings. The standard InChI is InChI=1S/C16H19NO2/c1-13(15-8-10-16(18-2)11-9-15)17-19-12-14-6-4-3-5-7-14/h3-11,13,17H,12H2,1-2H3/t13-/m0/s1. The molecule has 0 bridgehead atoms. The van der Waals surface area contributed by atoms with Crippen molar-refractivity contribution in [3.63, 3.8) is 0 Å². The third-order valence-electron chi connectivity index (χ3n) is 2.96. The highest BCUT2D eigenvalue weighted by Crippen LogP contribution is 2.17. The van der Waals surface area contributed by atoms with Gasteiger partial charge >= 0.3 is 0 Å². The molecule has 19 heavy (non-hydrogen) atoms. The lowest BCUT2D eigenvalue weighted by atomic mass is 10.1. The molecular formula is C16H19NO2. The van der Waals surface area contributed by atoms with Crippen LogP contribution in [-0.2, 0) is 11.4 Å². The number of benzene rings is 2. The van der Waals surface area contributed by atoms with E-state index >= 15 is 0 Å². The Labute approximate surface area is 114 Å². The first-order valence-electron chi connectivity index (χ1n) is 6.35. The molecule has 0 saturated carbocycles. The van der Waals surface area contributed by atoms with Crippen LogP contribution in [-0.4, -0.2) is 7.11 Å². The molecule has 0 aliphatic heterocycles. The lowest BCUT2D eigenvalue weighted by molar-refractivity contribution is 0.00697. The van der Waals surface area contributed by atoms with Crippen LogP contribution in [0.15, 0.2) is 54.6 Å². The summed E-state index contributed by atoms with van der Waals surface area (Å²) in [5, 5.41) is 0. The van der Waals surface area contributed by atoms with E-state index in [1.165, 1.54) is 0 Å². The van der Waals surface area contributed by atoms with E-state index in [2.05, 4.69) is 12.4 Å². The average Bonchev–Trinajstić information content (AvgIpc) is 2.48. The zero-order valence-corrected chi connectivity index (χ0v) is 11.3. The normalized spacial score (nSPS) is 12.1. The Morgan fingerprint density at radius 2 is 1.68 bits per heavy atom. The fourth-order valence-corrected chi connectivity index (χ4v) is 1.78. The van der Waals surface area contributed by atoms with E-state index in [9.17, 15) is 0 Å². The Balaban J connectivity index is 1.82. The van der Waals surface area contributed by atoms with Gasteiger partial charge in [0.15, 0.2) is 0 Å². The van der Waals surface area contributed by atoms with Crippen LogP contribution in [0.25, 0.3) is 0 Å². The molecule has 2 aromatic carbocycles. The molecule has 0 spiro atoms. The summed E-state index contributed by atoms with van der Waals surface area (Å²) in [4.78, 5) is 5.51. The lowest BCUT2D eigenvalue weighted by Gasteiger charge is -2.14. The van der Waals surface area contributed by atoms with Crippen LogP contribution in [0.4, 0.5) is 0 Å². The molecule has 1 atom stereocenters. The first kappa shape index (κ1) is 13.6. The van der Waals surface area contributed by atoms with Crippen molar-refractivity contribution < 1.29 is 9.57 Å². The Morgan fingerprint density at radius 1 is 1.00 bits per heavy atom. The van der Waals surface area contributed by atoms with Crippen LogP contribution in [0.3, 0.4) is 0 Å². The molecule has 0 radical (unpaired) electrons. The molecule has 0 aliphatic carbocycles. The zero-order valence-electron chi connectivity index (χ0n) is 11.3. The summed E-state index contributed by atoms with van der Waals surface area (Å²) >= 11 is 0. The van der Waals surface area contributed by atoms with Crippen LogP contribution < -0.4 is 10.2 Å². The maximum atomic E-state index is 5.51. The van der Waals surface area contributed by atoms with Gasteiger partial charge in [0.2, 0.25) is 0 Å². The van der Waals surface area contributed by atoms with E-state index in [1.54, 1.807) is 7.11 Å². The predicted molar refractivity (Wildman–Crippen MR) is 75.8 cm³/mol. The van der Waals surface area contributed by atoms with Crippen molar-refractivity contribution in [2.24, 2.45) is 0 Å². The van der Waals surface area contributed by atoms with Crippen LogP contribution in [0.1, 0.15) is 24.1 Å². The van der Waals surface area contributed by atoms with Gasteiger partial charge in [-0.25, -0.2) is 0 Å². The Bertz CT molecular complexity index is 482. The largest absolute Gasteiger partial charge is 0.497 e. The van der Waals surface area contributed by atoms with E-state index in [1.807, 2.05) is 54.6 Å². The van der Waals surface area contributed by atoms with E-state index in [-0.39, 0.29) is 6.04 Å². The van der Waals surface area contributed by atoms with Crippen LogP contribution >= 0.6 is 0 Å². The molecule has 2 rings (SSSR count). The summed E-state index contributed by atoms with van der Waals surface area (Å²) in [7, 11) is 1.67. The van der Waals surface area contributed by atoms with Gasteiger partial charge in [0, 0.05) is 0 Å². The summed E-state index contributed by atoms with van der Waals surface area (Å²) in [5.74, 6) is 0.862. The molecule has 0 amide bonds. The lowest BCUT2D eigenvalue weighted by Crippen LogP contribution is -2.18. The minimum atomic E-state index is 0.134. The number of hydrogen-bond donors (Lipinski definition) is 1. The molecular weight excluding hydrogens is 238 g/mol. The quantitative estimate of drug-likeness (QED) is 0.804. The van der Waals surface area contributed by atoms with Crippen molar-refractivity contribution >= 4 is 0 Å². The van der Waals surface area contributed by atoms with Crippen molar-refractivity contribution in [3.8, 4) is 5.75 Å². The summed E-state index contributed by atoms with van der Waals surface area (Å²) in [6.07, 6.45) is 0. The van der Waals surface area contributed by atoms with Gasteiger partial charge in [-0.05, 0) is 30.2 Å². The van der Waals surface area contributed by atoms with E-state index in [0.29, 0.717) is 6.61 Å². The number of hydrogen-bond acceptors (Lipinski definition) is 3. The number of hydroxylamine groups is 1. The number of rotatable bonds is 6. The predicted octanol–water partition coefficient (Wildman–Crippen LogP) is 3.48. The SMILES string of the molecule is COc1ccc([C@H](C)NOCc2ccccc2)cc1. The summed E-state index contributed by atoms with van der Waals surface area (Å²) < 4.78 is 5.14. The highest BCUT2D eigenvalue weighted by Gasteiger charge is 2.05. The number of nitrogens with one attached hydrogen (secondary N) is 1. The van der Waals surface area contributed by atoms with Crippen molar-refractivity contribution in [2.75, 3.05) is 7.11 Å². The van der Waals surface area contributed by atoms with Gasteiger partial charge < -0.3 is 4.74 Å². The van der Waals surface area contributed by atoms with Gasteiger partial charge in [-0.1, -0.05) is 42.5 Å². The first-order valence-corrected chi connectivity index (χ1v) is 6.35. The summed E-state index contributed by atoms with van der Waals surface area (Å²) in [6, 6.07) is 18.2. The zero-order chi connectivity index (χ0) is 13.5. The third kappa shape index (κ3) is 4.09. The maximum Gasteiger partial charge on any atom is 0.118 e. The molecule has 3 heteroatoms. The molecule has 0 aromatic heterocycles. The third-order valence-corrected chi connectivity index (χ3v) is 2.96. The molecule has 1 N–H and O–H groups in total. The van der Waals surface area contributed by atoms with Gasteiger partial charge in [0.25, 0.3) is 0 Å². The van der Waals surface area contributed by atoms with E-state index in [0.717, 1.165) is 16.9 Å². The summed E-state index contributed by atoms with van der Waals surface area (Å²) in [5.41, 5.74) is 5.35. The first-order chi connectivity index (χ1) is 9.29. The molecule has 100 valence electrons. The van der Waals surface area contributed by atoms with E-state index in [4.69, 9.17) is 9.57 Å². The van der Waals surface area contributed by atoms with Crippen molar-refractivity contribution in [1.82, 2.24) is 5.48 Å². The second-order valence-corrected chi connectivity index (χ2v) is 4.39. The van der Waals surface area contributed by atoms with Gasteiger partial charge in [-0.2, -0.15) is 5.48 Å². The second-order valence-electron chi connectivity index (χ2n) is 4.39. The fraction of sp³-hybridized carbons (Fsp3) is 0.250. The average molecular weight is 257 g/mol. The van der Waals surface area contributed by atoms with Gasteiger partial charge in [-0.3, -0.25) is 4.84 Å². The smallest absolute Gasteiger partial charge is 0.118 e. The maximum absolute atomic E-state index is 5.51. The second kappa shape index (κ2) is 6.92. The minimum absolute atomic E-state index is 0.134. The van der Waals surface area contributed by atoms with E-state index < -0.39 is 0 Å². The topological polar surface area (TPSA) is 30.5 Å². The molecule has 0 unspecified atom stereocenters. The van der Waals surface area contributed by atoms with Crippen LogP contribution in [0.5, 0.6) is 5.75 Å². The highest BCUT2D eigenvalue weighted by atomic mass is 16.6. The minimum Gasteiger partial charge on any atom is -0.497 e. The molecule has 0 fully saturated rings. The number of methoxy groups -OCH3 is 1. The molecule has 0 heterocycles. The molecule has 0 saturated heterocycles.